The third-order valence-electron chi connectivity index (χ3n) is 6.53. The van der Waals surface area contributed by atoms with Gasteiger partial charge in [-0.3, -0.25) is 9.59 Å². The molecule has 4 rings (SSSR count). The Morgan fingerprint density at radius 3 is 2.43 bits per heavy atom. The van der Waals surface area contributed by atoms with E-state index < -0.39 is 23.6 Å². The third kappa shape index (κ3) is 6.52. The summed E-state index contributed by atoms with van der Waals surface area (Å²) in [6.07, 6.45) is -2.23. The van der Waals surface area contributed by atoms with Crippen LogP contribution in [0.5, 0.6) is 5.75 Å². The lowest BCUT2D eigenvalue weighted by Crippen LogP contribution is -2.27. The first kappa shape index (κ1) is 26.7. The standard InChI is InChI=1S/C28H29F3N2O3S/c1-27(2,3)17-12-13-21-22(15-17)37-26(33-23(34)16-36-20-10-5-4-6-11-20)24(21)25(35)32-19-9-7-8-18(14-19)28(29,30)31/h4-11,14,17H,12-13,15-16H2,1-3H3,(H,32,35)(H,33,34). The van der Waals surface area contributed by atoms with Crippen molar-refractivity contribution in [3.63, 3.8) is 0 Å². The van der Waals surface area contributed by atoms with Gasteiger partial charge in [0.25, 0.3) is 11.8 Å². The second kappa shape index (κ2) is 10.6. The number of hydrogen-bond acceptors (Lipinski definition) is 4. The van der Waals surface area contributed by atoms with Crippen molar-refractivity contribution in [1.82, 2.24) is 0 Å². The molecule has 0 radical (unpaired) electrons. The zero-order valence-electron chi connectivity index (χ0n) is 20.9. The minimum atomic E-state index is -4.53. The highest BCUT2D eigenvalue weighted by Gasteiger charge is 2.35. The number of para-hydroxylation sites is 1. The number of ether oxygens (including phenoxy) is 1. The van der Waals surface area contributed by atoms with Crippen LogP contribution < -0.4 is 15.4 Å². The zero-order valence-corrected chi connectivity index (χ0v) is 21.7. The molecule has 1 unspecified atom stereocenters. The number of alkyl halides is 3. The van der Waals surface area contributed by atoms with E-state index in [0.717, 1.165) is 35.4 Å². The van der Waals surface area contributed by atoms with E-state index >= 15 is 0 Å². The molecule has 1 aliphatic carbocycles. The van der Waals surface area contributed by atoms with E-state index in [0.29, 0.717) is 28.7 Å². The lowest BCUT2D eigenvalue weighted by Gasteiger charge is -2.33. The van der Waals surface area contributed by atoms with Crippen molar-refractivity contribution in [1.29, 1.82) is 0 Å². The van der Waals surface area contributed by atoms with Crippen LogP contribution in [0.1, 0.15) is 53.6 Å². The first-order valence-corrected chi connectivity index (χ1v) is 12.8. The molecule has 2 aromatic carbocycles. The minimum Gasteiger partial charge on any atom is -0.484 e. The Bertz CT molecular complexity index is 1280. The summed E-state index contributed by atoms with van der Waals surface area (Å²) >= 11 is 1.35. The molecule has 196 valence electrons. The van der Waals surface area contributed by atoms with E-state index in [-0.39, 0.29) is 17.7 Å². The fraction of sp³-hybridized carbons (Fsp3) is 0.357. The Kier molecular flexibility index (Phi) is 7.64. The maximum atomic E-state index is 13.4. The molecule has 0 saturated heterocycles. The van der Waals surface area contributed by atoms with E-state index in [1.807, 2.05) is 6.07 Å². The first-order chi connectivity index (χ1) is 17.4. The van der Waals surface area contributed by atoms with Gasteiger partial charge in [0.05, 0.1) is 11.1 Å². The molecule has 0 aliphatic heterocycles. The Morgan fingerprint density at radius 2 is 1.76 bits per heavy atom. The fourth-order valence-corrected chi connectivity index (χ4v) is 5.79. The van der Waals surface area contributed by atoms with E-state index in [1.54, 1.807) is 24.3 Å². The number of fused-ring (bicyclic) bond motifs is 1. The summed E-state index contributed by atoms with van der Waals surface area (Å²) in [6.45, 7) is 6.30. The van der Waals surface area contributed by atoms with Gasteiger partial charge < -0.3 is 15.4 Å². The van der Waals surface area contributed by atoms with E-state index in [4.69, 9.17) is 4.74 Å². The second-order valence-electron chi connectivity index (χ2n) is 10.2. The van der Waals surface area contributed by atoms with Gasteiger partial charge in [-0.2, -0.15) is 13.2 Å². The number of carbonyl (C=O) groups is 2. The molecule has 1 atom stereocenters. The number of benzene rings is 2. The minimum absolute atomic E-state index is 0.0350. The number of hydrogen-bond donors (Lipinski definition) is 2. The number of nitrogens with one attached hydrogen (secondary N) is 2. The van der Waals surface area contributed by atoms with Gasteiger partial charge in [-0.25, -0.2) is 0 Å². The maximum Gasteiger partial charge on any atom is 0.416 e. The molecule has 1 aliphatic rings. The molecule has 0 bridgehead atoms. The van der Waals surface area contributed by atoms with Gasteiger partial charge in [-0.05, 0) is 66.5 Å². The summed E-state index contributed by atoms with van der Waals surface area (Å²) in [4.78, 5) is 27.1. The molecule has 1 aromatic heterocycles. The highest BCUT2D eigenvalue weighted by atomic mass is 32.1. The molecular formula is C28H29F3N2O3S. The summed E-state index contributed by atoms with van der Waals surface area (Å²) in [5, 5.41) is 5.79. The summed E-state index contributed by atoms with van der Waals surface area (Å²) in [7, 11) is 0. The molecule has 2 N–H and O–H groups in total. The van der Waals surface area contributed by atoms with Crippen molar-refractivity contribution >= 4 is 33.8 Å². The Balaban J connectivity index is 1.60. The third-order valence-corrected chi connectivity index (χ3v) is 7.70. The lowest BCUT2D eigenvalue weighted by atomic mass is 9.72. The average molecular weight is 531 g/mol. The van der Waals surface area contributed by atoms with Gasteiger partial charge in [0.15, 0.2) is 6.61 Å². The summed E-state index contributed by atoms with van der Waals surface area (Å²) < 4.78 is 45.0. The molecular weight excluding hydrogens is 501 g/mol. The SMILES string of the molecule is CC(C)(C)C1CCc2c(sc(NC(=O)COc3ccccc3)c2C(=O)Nc2cccc(C(F)(F)F)c2)C1. The Labute approximate surface area is 218 Å². The lowest BCUT2D eigenvalue weighted by molar-refractivity contribution is -0.137. The second-order valence-corrected chi connectivity index (χ2v) is 11.3. The van der Waals surface area contributed by atoms with Crippen molar-refractivity contribution in [2.45, 2.75) is 46.2 Å². The van der Waals surface area contributed by atoms with Crippen LogP contribution in [-0.2, 0) is 23.8 Å². The molecule has 37 heavy (non-hydrogen) atoms. The van der Waals surface area contributed by atoms with E-state index in [2.05, 4.69) is 31.4 Å². The van der Waals surface area contributed by atoms with Crippen molar-refractivity contribution in [2.24, 2.45) is 11.3 Å². The van der Waals surface area contributed by atoms with Crippen LogP contribution in [-0.4, -0.2) is 18.4 Å². The average Bonchev–Trinajstić information content (AvgIpc) is 3.19. The molecule has 0 spiro atoms. The molecule has 0 saturated carbocycles. The van der Waals surface area contributed by atoms with Crippen LogP contribution in [0, 0.1) is 11.3 Å². The van der Waals surface area contributed by atoms with Gasteiger partial charge in [0.1, 0.15) is 10.8 Å². The van der Waals surface area contributed by atoms with Gasteiger partial charge in [-0.15, -0.1) is 11.3 Å². The molecule has 9 heteroatoms. The maximum absolute atomic E-state index is 13.4. The van der Waals surface area contributed by atoms with Crippen molar-refractivity contribution in [2.75, 3.05) is 17.2 Å². The Morgan fingerprint density at radius 1 is 1.03 bits per heavy atom. The summed E-state index contributed by atoms with van der Waals surface area (Å²) in [5.41, 5.74) is 0.409. The van der Waals surface area contributed by atoms with E-state index in [9.17, 15) is 22.8 Å². The summed E-state index contributed by atoms with van der Waals surface area (Å²) in [6, 6.07) is 13.4. The van der Waals surface area contributed by atoms with Crippen LogP contribution in [0.3, 0.4) is 0 Å². The molecule has 1 heterocycles. The first-order valence-electron chi connectivity index (χ1n) is 12.0. The van der Waals surface area contributed by atoms with Crippen molar-refractivity contribution in [3.05, 3.63) is 76.2 Å². The number of anilines is 2. The van der Waals surface area contributed by atoms with Crippen LogP contribution >= 0.6 is 11.3 Å². The van der Waals surface area contributed by atoms with E-state index in [1.165, 1.54) is 23.5 Å². The number of amides is 2. The van der Waals surface area contributed by atoms with Gasteiger partial charge >= 0.3 is 6.18 Å². The predicted octanol–water partition coefficient (Wildman–Crippen LogP) is 7.19. The topological polar surface area (TPSA) is 67.4 Å². The van der Waals surface area contributed by atoms with Gasteiger partial charge in [0.2, 0.25) is 0 Å². The largest absolute Gasteiger partial charge is 0.484 e. The molecule has 5 nitrogen and oxygen atoms in total. The number of carbonyl (C=O) groups excluding carboxylic acids is 2. The van der Waals surface area contributed by atoms with Crippen LogP contribution in [0.25, 0.3) is 0 Å². The smallest absolute Gasteiger partial charge is 0.416 e. The number of thiophene rings is 1. The highest BCUT2D eigenvalue weighted by molar-refractivity contribution is 7.17. The number of rotatable bonds is 6. The molecule has 2 amide bonds. The van der Waals surface area contributed by atoms with Crippen LogP contribution in [0.15, 0.2) is 54.6 Å². The highest BCUT2D eigenvalue weighted by Crippen LogP contribution is 2.44. The van der Waals surface area contributed by atoms with Crippen molar-refractivity contribution in [3.8, 4) is 5.75 Å². The van der Waals surface area contributed by atoms with Crippen LogP contribution in [0.2, 0.25) is 0 Å². The van der Waals surface area contributed by atoms with Gasteiger partial charge in [-0.1, -0.05) is 45.0 Å². The van der Waals surface area contributed by atoms with Crippen molar-refractivity contribution < 1.29 is 27.5 Å². The molecule has 0 fully saturated rings. The zero-order chi connectivity index (χ0) is 26.8. The number of halogens is 3. The predicted molar refractivity (Wildman–Crippen MR) is 139 cm³/mol. The van der Waals surface area contributed by atoms with Crippen LogP contribution in [0.4, 0.5) is 23.9 Å². The van der Waals surface area contributed by atoms with Gasteiger partial charge in [0, 0.05) is 10.6 Å². The molecule has 3 aromatic rings. The fourth-order valence-electron chi connectivity index (χ4n) is 4.45. The Hall–Kier alpha value is -3.33. The summed E-state index contributed by atoms with van der Waals surface area (Å²) in [5.74, 6) is -0.0325. The quantitative estimate of drug-likeness (QED) is 0.355. The monoisotopic (exact) mass is 530 g/mol. The normalized spacial score (nSPS) is 15.6.